The van der Waals surface area contributed by atoms with Gasteiger partial charge in [-0.05, 0) is 61.2 Å². The number of nitrogens with one attached hydrogen (secondary N) is 1. The van der Waals surface area contributed by atoms with Gasteiger partial charge in [-0.3, -0.25) is 0 Å². The first-order valence-corrected chi connectivity index (χ1v) is 9.72. The Labute approximate surface area is 150 Å². The minimum Gasteiger partial charge on any atom is -0.496 e. The van der Waals surface area contributed by atoms with E-state index in [4.69, 9.17) is 9.47 Å². The number of aryl methyl sites for hydroxylation is 3. The second-order valence-corrected chi connectivity index (χ2v) is 7.57. The Balaban J connectivity index is 1.96. The summed E-state index contributed by atoms with van der Waals surface area (Å²) in [5.74, 6) is 1.41. The lowest BCUT2D eigenvalue weighted by molar-refractivity contribution is 0.322. The summed E-state index contributed by atoms with van der Waals surface area (Å²) in [6.07, 6.45) is 0.973. The normalized spacial score (nSPS) is 11.4. The molecular weight excluding hydrogens is 338 g/mol. The highest BCUT2D eigenvalue weighted by molar-refractivity contribution is 7.89. The molecule has 0 aromatic heterocycles. The molecule has 0 saturated heterocycles. The summed E-state index contributed by atoms with van der Waals surface area (Å²) in [5, 5.41) is 0. The molecule has 0 saturated carbocycles. The highest BCUT2D eigenvalue weighted by Crippen LogP contribution is 2.25. The molecule has 0 radical (unpaired) electrons. The van der Waals surface area contributed by atoms with E-state index in [-0.39, 0.29) is 18.0 Å². The van der Waals surface area contributed by atoms with Gasteiger partial charge in [-0.25, -0.2) is 13.1 Å². The quantitative estimate of drug-likeness (QED) is 0.732. The van der Waals surface area contributed by atoms with E-state index in [1.54, 1.807) is 26.2 Å². The topological polar surface area (TPSA) is 64.6 Å². The van der Waals surface area contributed by atoms with Crippen molar-refractivity contribution in [3.63, 3.8) is 0 Å². The van der Waals surface area contributed by atoms with Crippen LogP contribution in [-0.4, -0.2) is 28.7 Å². The first-order valence-electron chi connectivity index (χ1n) is 8.24. The number of sulfonamides is 1. The Morgan fingerprint density at radius 1 is 1.04 bits per heavy atom. The summed E-state index contributed by atoms with van der Waals surface area (Å²) in [5.41, 5.74) is 2.66. The van der Waals surface area contributed by atoms with Gasteiger partial charge in [0.1, 0.15) is 18.1 Å². The first kappa shape index (κ1) is 19.3. The van der Waals surface area contributed by atoms with Gasteiger partial charge in [0.15, 0.2) is 0 Å². The smallest absolute Gasteiger partial charge is 0.240 e. The van der Waals surface area contributed by atoms with E-state index < -0.39 is 10.0 Å². The van der Waals surface area contributed by atoms with Crippen molar-refractivity contribution >= 4 is 10.0 Å². The maximum absolute atomic E-state index is 12.5. The molecule has 2 aromatic carbocycles. The highest BCUT2D eigenvalue weighted by Gasteiger charge is 2.18. The van der Waals surface area contributed by atoms with Crippen LogP contribution in [0.2, 0.25) is 0 Å². The van der Waals surface area contributed by atoms with Crippen LogP contribution in [0, 0.1) is 13.8 Å². The minimum atomic E-state index is -3.59. The van der Waals surface area contributed by atoms with E-state index >= 15 is 0 Å². The minimum absolute atomic E-state index is 0.197. The fraction of sp³-hybridized carbons (Fsp3) is 0.368. The van der Waals surface area contributed by atoms with Crippen molar-refractivity contribution in [1.29, 1.82) is 0 Å². The van der Waals surface area contributed by atoms with Gasteiger partial charge < -0.3 is 9.47 Å². The summed E-state index contributed by atoms with van der Waals surface area (Å²) in [7, 11) is -2.02. The number of methoxy groups -OCH3 is 1. The maximum Gasteiger partial charge on any atom is 0.240 e. The Morgan fingerprint density at radius 3 is 2.32 bits per heavy atom. The number of ether oxygens (including phenoxy) is 2. The average molecular weight is 363 g/mol. The molecule has 0 aliphatic rings. The van der Waals surface area contributed by atoms with Crippen LogP contribution in [0.25, 0.3) is 0 Å². The maximum atomic E-state index is 12.5. The molecule has 0 aliphatic carbocycles. The Hall–Kier alpha value is -2.05. The zero-order chi connectivity index (χ0) is 18.4. The summed E-state index contributed by atoms with van der Waals surface area (Å²) in [6, 6.07) is 11.1. The number of hydrogen-bond acceptors (Lipinski definition) is 4. The molecular formula is C19H25NO4S. The van der Waals surface area contributed by atoms with Gasteiger partial charge >= 0.3 is 0 Å². The molecule has 0 fully saturated rings. The molecule has 136 valence electrons. The van der Waals surface area contributed by atoms with Crippen LogP contribution in [-0.2, 0) is 16.4 Å². The van der Waals surface area contributed by atoms with E-state index in [1.165, 1.54) is 5.56 Å². The van der Waals surface area contributed by atoms with E-state index in [2.05, 4.69) is 11.6 Å². The van der Waals surface area contributed by atoms with Crippen molar-refractivity contribution < 1.29 is 17.9 Å². The van der Waals surface area contributed by atoms with E-state index in [0.717, 1.165) is 17.7 Å². The van der Waals surface area contributed by atoms with Gasteiger partial charge in [-0.15, -0.1) is 0 Å². The van der Waals surface area contributed by atoms with E-state index in [0.29, 0.717) is 11.3 Å². The molecule has 25 heavy (non-hydrogen) atoms. The standard InChI is InChI=1S/C19H25NO4S/c1-5-16-6-8-17(9-7-16)24-11-10-20-25(21,22)19-13-14(2)18(23-4)12-15(19)3/h6-9,12-13,20H,5,10-11H2,1-4H3. The van der Waals surface area contributed by atoms with Crippen LogP contribution in [0.5, 0.6) is 11.5 Å². The van der Waals surface area contributed by atoms with Gasteiger partial charge in [0, 0.05) is 6.54 Å². The Morgan fingerprint density at radius 2 is 1.72 bits per heavy atom. The van der Waals surface area contributed by atoms with Crippen LogP contribution in [0.3, 0.4) is 0 Å². The zero-order valence-electron chi connectivity index (χ0n) is 15.1. The molecule has 2 rings (SSSR count). The molecule has 0 aliphatic heterocycles. The molecule has 0 heterocycles. The highest BCUT2D eigenvalue weighted by atomic mass is 32.2. The first-order chi connectivity index (χ1) is 11.9. The summed E-state index contributed by atoms with van der Waals surface area (Å²) in [6.45, 7) is 6.12. The third-order valence-electron chi connectivity index (χ3n) is 3.98. The molecule has 0 amide bonds. The molecule has 0 bridgehead atoms. The fourth-order valence-corrected chi connectivity index (χ4v) is 3.84. The lowest BCUT2D eigenvalue weighted by atomic mass is 10.1. The van der Waals surface area contributed by atoms with Crippen molar-refractivity contribution in [2.45, 2.75) is 32.1 Å². The van der Waals surface area contributed by atoms with Gasteiger partial charge in [0.05, 0.1) is 12.0 Å². The van der Waals surface area contributed by atoms with Crippen LogP contribution in [0.15, 0.2) is 41.3 Å². The number of hydrogen-bond donors (Lipinski definition) is 1. The molecule has 5 nitrogen and oxygen atoms in total. The van der Waals surface area contributed by atoms with Crippen molar-refractivity contribution in [2.75, 3.05) is 20.3 Å². The van der Waals surface area contributed by atoms with Crippen LogP contribution >= 0.6 is 0 Å². The molecule has 6 heteroatoms. The molecule has 0 unspecified atom stereocenters. The third-order valence-corrected chi connectivity index (χ3v) is 5.58. The second-order valence-electron chi connectivity index (χ2n) is 5.83. The van der Waals surface area contributed by atoms with Gasteiger partial charge in [0.25, 0.3) is 0 Å². The lowest BCUT2D eigenvalue weighted by Gasteiger charge is -2.13. The van der Waals surface area contributed by atoms with Crippen molar-refractivity contribution in [3.05, 3.63) is 53.1 Å². The second kappa shape index (κ2) is 8.36. The van der Waals surface area contributed by atoms with Crippen molar-refractivity contribution in [1.82, 2.24) is 4.72 Å². The molecule has 0 spiro atoms. The predicted molar refractivity (Wildman–Crippen MR) is 99.0 cm³/mol. The SMILES string of the molecule is CCc1ccc(OCCNS(=O)(=O)c2cc(C)c(OC)cc2C)cc1. The lowest BCUT2D eigenvalue weighted by Crippen LogP contribution is -2.29. The average Bonchev–Trinajstić information content (AvgIpc) is 2.60. The van der Waals surface area contributed by atoms with Crippen molar-refractivity contribution in [2.24, 2.45) is 0 Å². The van der Waals surface area contributed by atoms with Crippen molar-refractivity contribution in [3.8, 4) is 11.5 Å². The summed E-state index contributed by atoms with van der Waals surface area (Å²) >= 11 is 0. The van der Waals surface area contributed by atoms with E-state index in [9.17, 15) is 8.42 Å². The number of benzene rings is 2. The van der Waals surface area contributed by atoms with Crippen LogP contribution in [0.1, 0.15) is 23.6 Å². The van der Waals surface area contributed by atoms with Crippen LogP contribution < -0.4 is 14.2 Å². The summed E-state index contributed by atoms with van der Waals surface area (Å²) in [4.78, 5) is 0.262. The third kappa shape index (κ3) is 4.96. The molecule has 1 N–H and O–H groups in total. The monoisotopic (exact) mass is 363 g/mol. The number of rotatable bonds is 8. The fourth-order valence-electron chi connectivity index (χ4n) is 2.52. The largest absolute Gasteiger partial charge is 0.496 e. The van der Waals surface area contributed by atoms with Gasteiger partial charge in [-0.2, -0.15) is 0 Å². The molecule has 0 atom stereocenters. The van der Waals surface area contributed by atoms with Crippen LogP contribution in [0.4, 0.5) is 0 Å². The Kier molecular flexibility index (Phi) is 6.45. The zero-order valence-corrected chi connectivity index (χ0v) is 15.9. The summed E-state index contributed by atoms with van der Waals surface area (Å²) < 4.78 is 38.4. The Bertz CT molecular complexity index is 814. The van der Waals surface area contributed by atoms with E-state index in [1.807, 2.05) is 31.2 Å². The van der Waals surface area contributed by atoms with Gasteiger partial charge in [-0.1, -0.05) is 19.1 Å². The molecule has 2 aromatic rings. The predicted octanol–water partition coefficient (Wildman–Crippen LogP) is 3.23. The van der Waals surface area contributed by atoms with Gasteiger partial charge in [0.2, 0.25) is 10.0 Å².